The Balaban J connectivity index is 2.12. The van der Waals surface area contributed by atoms with Crippen LogP contribution < -0.4 is 5.32 Å². The van der Waals surface area contributed by atoms with Crippen molar-refractivity contribution in [3.63, 3.8) is 0 Å². The third-order valence-electron chi connectivity index (χ3n) is 2.63. The fourth-order valence-corrected chi connectivity index (χ4v) is 2.26. The van der Waals surface area contributed by atoms with E-state index in [4.69, 9.17) is 23.2 Å². The number of halogens is 2. The predicted molar refractivity (Wildman–Crippen MR) is 62.1 cm³/mol. The largest absolute Gasteiger partial charge is 0.329 e. The van der Waals surface area contributed by atoms with Gasteiger partial charge in [0.05, 0.1) is 22.3 Å². The summed E-state index contributed by atoms with van der Waals surface area (Å²) in [6.07, 6.45) is 0. The van der Waals surface area contributed by atoms with Crippen LogP contribution in [0.1, 0.15) is 5.56 Å². The summed E-state index contributed by atoms with van der Waals surface area (Å²) in [5, 5.41) is 3.72. The van der Waals surface area contributed by atoms with E-state index in [0.717, 1.165) is 11.3 Å². The van der Waals surface area contributed by atoms with Crippen LogP contribution in [0.2, 0.25) is 10.0 Å². The highest BCUT2D eigenvalue weighted by Gasteiger charge is 2.30. The van der Waals surface area contributed by atoms with Crippen molar-refractivity contribution in [2.45, 2.75) is 6.54 Å². The van der Waals surface area contributed by atoms with Crippen LogP contribution in [0, 0.1) is 0 Å². The van der Waals surface area contributed by atoms with Crippen molar-refractivity contribution in [1.82, 2.24) is 10.2 Å². The second kappa shape index (κ2) is 3.37. The van der Waals surface area contributed by atoms with Gasteiger partial charge in [0.15, 0.2) is 0 Å². The molecule has 82 valence electrons. The number of amides is 1. The molecular weight excluding hydrogens is 252 g/mol. The first-order valence-corrected chi connectivity index (χ1v) is 5.51. The second-order valence-electron chi connectivity index (χ2n) is 3.70. The van der Waals surface area contributed by atoms with Gasteiger partial charge >= 0.3 is 0 Å². The van der Waals surface area contributed by atoms with Crippen LogP contribution in [-0.4, -0.2) is 23.3 Å². The van der Waals surface area contributed by atoms with Gasteiger partial charge in [-0.3, -0.25) is 10.1 Å². The number of hydrogen-bond donors (Lipinski definition) is 1. The molecular formula is C10H7Cl2N3O. The Labute approximate surface area is 102 Å². The quantitative estimate of drug-likeness (QED) is 0.723. The van der Waals surface area contributed by atoms with Crippen LogP contribution in [0.3, 0.4) is 0 Å². The third-order valence-corrected chi connectivity index (χ3v) is 3.48. The molecule has 0 unspecified atom stereocenters. The first kappa shape index (κ1) is 9.93. The molecule has 0 radical (unpaired) electrons. The normalized spacial score (nSPS) is 17.8. The molecule has 1 fully saturated rings. The van der Waals surface area contributed by atoms with Gasteiger partial charge in [-0.1, -0.05) is 23.2 Å². The number of aliphatic imine (C=N–C) groups is 1. The summed E-state index contributed by atoms with van der Waals surface area (Å²) in [5.74, 6) is 0.546. The van der Waals surface area contributed by atoms with E-state index in [1.54, 1.807) is 12.1 Å². The highest BCUT2D eigenvalue weighted by Crippen LogP contribution is 2.36. The van der Waals surface area contributed by atoms with E-state index in [1.165, 1.54) is 0 Å². The lowest BCUT2D eigenvalue weighted by atomic mass is 10.2. The molecule has 2 aliphatic rings. The topological polar surface area (TPSA) is 44.7 Å². The molecule has 1 aromatic rings. The monoisotopic (exact) mass is 258 g/mol. The lowest BCUT2D eigenvalue weighted by molar-refractivity contribution is -0.118. The molecule has 3 rings (SSSR count). The summed E-state index contributed by atoms with van der Waals surface area (Å²) in [5.41, 5.74) is 1.64. The molecule has 16 heavy (non-hydrogen) atoms. The van der Waals surface area contributed by atoms with Crippen LogP contribution in [0.4, 0.5) is 5.69 Å². The van der Waals surface area contributed by atoms with Crippen LogP contribution >= 0.6 is 23.2 Å². The van der Waals surface area contributed by atoms with Crippen LogP contribution in [0.15, 0.2) is 17.1 Å². The zero-order valence-corrected chi connectivity index (χ0v) is 9.64. The molecule has 0 bridgehead atoms. The molecule has 0 aromatic heterocycles. The molecule has 0 aliphatic carbocycles. The molecule has 0 atom stereocenters. The smallest absolute Gasteiger partial charge is 0.246 e. The summed E-state index contributed by atoms with van der Waals surface area (Å²) in [6.45, 7) is 0.882. The molecule has 2 aliphatic heterocycles. The van der Waals surface area contributed by atoms with Crippen molar-refractivity contribution in [2.24, 2.45) is 4.99 Å². The first-order valence-electron chi connectivity index (χ1n) is 4.75. The summed E-state index contributed by atoms with van der Waals surface area (Å²) in [4.78, 5) is 17.4. The number of nitrogens with one attached hydrogen (secondary N) is 1. The summed E-state index contributed by atoms with van der Waals surface area (Å²) >= 11 is 12.0. The number of carbonyl (C=O) groups excluding carboxylic acids is 1. The van der Waals surface area contributed by atoms with Crippen molar-refractivity contribution in [3.8, 4) is 0 Å². The van der Waals surface area contributed by atoms with E-state index < -0.39 is 0 Å². The summed E-state index contributed by atoms with van der Waals surface area (Å²) < 4.78 is 0. The minimum atomic E-state index is -0.0474. The predicted octanol–water partition coefficient (Wildman–Crippen LogP) is 1.93. The van der Waals surface area contributed by atoms with Gasteiger partial charge < -0.3 is 4.90 Å². The fourth-order valence-electron chi connectivity index (χ4n) is 1.86. The minimum Gasteiger partial charge on any atom is -0.329 e. The van der Waals surface area contributed by atoms with E-state index >= 15 is 0 Å². The molecule has 0 saturated carbocycles. The molecule has 0 spiro atoms. The van der Waals surface area contributed by atoms with Gasteiger partial charge in [0.25, 0.3) is 0 Å². The average Bonchev–Trinajstić information content (AvgIpc) is 2.61. The number of benzene rings is 1. The van der Waals surface area contributed by atoms with Gasteiger partial charge in [0, 0.05) is 5.56 Å². The zero-order chi connectivity index (χ0) is 11.3. The Kier molecular flexibility index (Phi) is 2.09. The molecule has 1 N–H and O–H groups in total. The van der Waals surface area contributed by atoms with Crippen LogP contribution in [0.5, 0.6) is 0 Å². The minimum absolute atomic E-state index is 0.0474. The van der Waals surface area contributed by atoms with E-state index in [-0.39, 0.29) is 5.91 Å². The Bertz CT molecular complexity index is 527. The van der Waals surface area contributed by atoms with Gasteiger partial charge in [-0.2, -0.15) is 0 Å². The second-order valence-corrected chi connectivity index (χ2v) is 4.48. The highest BCUT2D eigenvalue weighted by atomic mass is 35.5. The lowest BCUT2D eigenvalue weighted by Gasteiger charge is -2.23. The Morgan fingerprint density at radius 3 is 2.94 bits per heavy atom. The fraction of sp³-hybridized carbons (Fsp3) is 0.200. The van der Waals surface area contributed by atoms with Gasteiger partial charge in [-0.25, -0.2) is 4.99 Å². The van der Waals surface area contributed by atoms with Crippen molar-refractivity contribution in [1.29, 1.82) is 0 Å². The Hall–Kier alpha value is -1.26. The number of carbonyl (C=O) groups is 1. The standard InChI is InChI=1S/C10H7Cl2N3O/c11-6-1-2-7-5(9(6)12)3-15-4-8(16)14-10(15)13-7/h1-2H,3-4H2,(H,13,14,16)/i3+1,4+1,8+1. The number of hydrogen-bond acceptors (Lipinski definition) is 3. The van der Waals surface area contributed by atoms with Crippen molar-refractivity contribution >= 4 is 40.8 Å². The van der Waals surface area contributed by atoms with Crippen LogP contribution in [-0.2, 0) is 11.3 Å². The lowest BCUT2D eigenvalue weighted by Crippen LogP contribution is -2.32. The van der Waals surface area contributed by atoms with E-state index in [2.05, 4.69) is 10.3 Å². The number of fused-ring (bicyclic) bond motifs is 2. The van der Waals surface area contributed by atoms with Crippen LogP contribution in [0.25, 0.3) is 0 Å². The molecule has 6 heteroatoms. The average molecular weight is 259 g/mol. The van der Waals surface area contributed by atoms with Crippen molar-refractivity contribution in [3.05, 3.63) is 27.7 Å². The zero-order valence-electron chi connectivity index (χ0n) is 8.13. The Morgan fingerprint density at radius 2 is 2.12 bits per heavy atom. The molecule has 2 heterocycles. The molecule has 1 aromatic carbocycles. The van der Waals surface area contributed by atoms with Crippen molar-refractivity contribution in [2.75, 3.05) is 6.54 Å². The first-order chi connectivity index (χ1) is 7.65. The summed E-state index contributed by atoms with van der Waals surface area (Å²) in [6, 6.07) is 3.51. The molecule has 1 amide bonds. The van der Waals surface area contributed by atoms with Gasteiger partial charge in [0.2, 0.25) is 11.9 Å². The van der Waals surface area contributed by atoms with E-state index in [1.807, 2.05) is 4.90 Å². The third kappa shape index (κ3) is 1.37. The van der Waals surface area contributed by atoms with E-state index in [0.29, 0.717) is 29.1 Å². The molecule has 4 nitrogen and oxygen atoms in total. The maximum atomic E-state index is 11.2. The highest BCUT2D eigenvalue weighted by molar-refractivity contribution is 6.42. The Morgan fingerprint density at radius 1 is 1.31 bits per heavy atom. The van der Waals surface area contributed by atoms with Gasteiger partial charge in [-0.05, 0) is 12.1 Å². The number of nitrogens with zero attached hydrogens (tertiary/aromatic N) is 2. The molecule has 1 saturated heterocycles. The number of rotatable bonds is 0. The van der Waals surface area contributed by atoms with Crippen molar-refractivity contribution < 1.29 is 4.79 Å². The van der Waals surface area contributed by atoms with E-state index in [9.17, 15) is 4.79 Å². The SMILES string of the molecule is O=[13C]1[13CH2]N2[13CH2]c3c(ccc(Cl)c3Cl)N=C2N1. The maximum absolute atomic E-state index is 11.2. The summed E-state index contributed by atoms with van der Waals surface area (Å²) in [7, 11) is 0. The maximum Gasteiger partial charge on any atom is 0.246 e. The number of guanidine groups is 1. The van der Waals surface area contributed by atoms with Gasteiger partial charge in [0.1, 0.15) is 6.54 Å². The van der Waals surface area contributed by atoms with Gasteiger partial charge in [-0.15, -0.1) is 0 Å².